The summed E-state index contributed by atoms with van der Waals surface area (Å²) in [6.45, 7) is 0.883. The summed E-state index contributed by atoms with van der Waals surface area (Å²) < 4.78 is 71.0. The highest BCUT2D eigenvalue weighted by molar-refractivity contribution is 7.87. The average molecular weight is 385 g/mol. The molecule has 0 saturated carbocycles. The summed E-state index contributed by atoms with van der Waals surface area (Å²) in [5.74, 6) is 0. The van der Waals surface area contributed by atoms with Gasteiger partial charge in [-0.15, -0.1) is 12.4 Å². The molecular weight excluding hydrogens is 361 g/mol. The second-order valence-corrected chi connectivity index (χ2v) is 6.87. The standard InChI is InChI=1S/C11H23F3N4O3S.ClH/c1-17(7-8-21-2)22(19,20)16-9-10(11(12,13)14)18-5-3-15-4-6-18;/h10,15-16H,3-9H2,1-2H3;1H. The van der Waals surface area contributed by atoms with Crippen molar-refractivity contribution in [2.45, 2.75) is 12.2 Å². The number of nitrogens with one attached hydrogen (secondary N) is 2. The van der Waals surface area contributed by atoms with Crippen molar-refractivity contribution < 1.29 is 26.3 Å². The van der Waals surface area contributed by atoms with E-state index in [-0.39, 0.29) is 38.6 Å². The largest absolute Gasteiger partial charge is 0.405 e. The predicted molar refractivity (Wildman–Crippen MR) is 83.0 cm³/mol. The Bertz CT molecular complexity index is 433. The number of halogens is 4. The summed E-state index contributed by atoms with van der Waals surface area (Å²) in [5, 5.41) is 2.96. The van der Waals surface area contributed by atoms with Gasteiger partial charge >= 0.3 is 6.18 Å². The molecule has 0 aromatic rings. The van der Waals surface area contributed by atoms with E-state index in [1.165, 1.54) is 19.1 Å². The van der Waals surface area contributed by atoms with E-state index in [4.69, 9.17) is 4.74 Å². The van der Waals surface area contributed by atoms with Crippen molar-refractivity contribution >= 4 is 22.6 Å². The zero-order chi connectivity index (χ0) is 16.8. The van der Waals surface area contributed by atoms with Gasteiger partial charge in [0.2, 0.25) is 0 Å². The van der Waals surface area contributed by atoms with Crippen molar-refractivity contribution in [1.29, 1.82) is 0 Å². The summed E-state index contributed by atoms with van der Waals surface area (Å²) in [4.78, 5) is 1.24. The van der Waals surface area contributed by atoms with Crippen LogP contribution in [-0.2, 0) is 14.9 Å². The van der Waals surface area contributed by atoms with Crippen LogP contribution in [0.15, 0.2) is 0 Å². The lowest BCUT2D eigenvalue weighted by molar-refractivity contribution is -0.182. The van der Waals surface area contributed by atoms with Crippen LogP contribution in [0.5, 0.6) is 0 Å². The zero-order valence-electron chi connectivity index (χ0n) is 13.1. The smallest absolute Gasteiger partial charge is 0.383 e. The van der Waals surface area contributed by atoms with E-state index in [1.807, 2.05) is 4.72 Å². The highest BCUT2D eigenvalue weighted by Crippen LogP contribution is 2.25. The molecule has 1 rings (SSSR count). The average Bonchev–Trinajstić information content (AvgIpc) is 2.44. The third-order valence-corrected chi connectivity index (χ3v) is 4.98. The first-order valence-electron chi connectivity index (χ1n) is 6.90. The summed E-state index contributed by atoms with van der Waals surface area (Å²) in [6, 6.07) is -1.83. The van der Waals surface area contributed by atoms with Gasteiger partial charge < -0.3 is 10.1 Å². The molecular formula is C11H24ClF3N4O3S. The van der Waals surface area contributed by atoms with Crippen LogP contribution in [0.1, 0.15) is 0 Å². The lowest BCUT2D eigenvalue weighted by atomic mass is 10.2. The lowest BCUT2D eigenvalue weighted by Crippen LogP contribution is -2.58. The fraction of sp³-hybridized carbons (Fsp3) is 1.00. The van der Waals surface area contributed by atoms with E-state index in [0.29, 0.717) is 13.1 Å². The number of likely N-dealkylation sites (N-methyl/N-ethyl adjacent to an activating group) is 1. The van der Waals surface area contributed by atoms with Crippen molar-refractivity contribution in [3.05, 3.63) is 0 Å². The van der Waals surface area contributed by atoms with Gasteiger partial charge in [0.15, 0.2) is 0 Å². The van der Waals surface area contributed by atoms with Crippen LogP contribution in [0.25, 0.3) is 0 Å². The molecule has 0 radical (unpaired) electrons. The van der Waals surface area contributed by atoms with E-state index < -0.39 is 29.0 Å². The Labute approximate surface area is 141 Å². The Balaban J connectivity index is 0.00000484. The van der Waals surface area contributed by atoms with Crippen molar-refractivity contribution in [1.82, 2.24) is 19.2 Å². The summed E-state index contributed by atoms with van der Waals surface area (Å²) in [7, 11) is -1.26. The molecule has 0 aromatic heterocycles. The fourth-order valence-electron chi connectivity index (χ4n) is 2.08. The number of alkyl halides is 3. The maximum atomic E-state index is 13.2. The van der Waals surface area contributed by atoms with Crippen molar-refractivity contribution in [2.24, 2.45) is 0 Å². The predicted octanol–water partition coefficient (Wildman–Crippen LogP) is -0.343. The Morgan fingerprint density at radius 1 is 1.35 bits per heavy atom. The van der Waals surface area contributed by atoms with Crippen molar-refractivity contribution in [2.75, 3.05) is 60.0 Å². The topological polar surface area (TPSA) is 73.9 Å². The quantitative estimate of drug-likeness (QED) is 0.599. The molecule has 7 nitrogen and oxygen atoms in total. The third-order valence-electron chi connectivity index (χ3n) is 3.45. The Morgan fingerprint density at radius 3 is 2.39 bits per heavy atom. The van der Waals surface area contributed by atoms with Crippen LogP contribution in [0.4, 0.5) is 13.2 Å². The fourth-order valence-corrected chi connectivity index (χ4v) is 2.98. The molecule has 0 amide bonds. The van der Waals surface area contributed by atoms with E-state index in [1.54, 1.807) is 0 Å². The van der Waals surface area contributed by atoms with Crippen LogP contribution in [0.2, 0.25) is 0 Å². The number of methoxy groups -OCH3 is 1. The van der Waals surface area contributed by atoms with Gasteiger partial charge in [-0.05, 0) is 0 Å². The van der Waals surface area contributed by atoms with E-state index in [9.17, 15) is 21.6 Å². The molecule has 12 heteroatoms. The first kappa shape index (κ1) is 22.8. The van der Waals surface area contributed by atoms with Crippen LogP contribution in [0, 0.1) is 0 Å². The third kappa shape index (κ3) is 7.50. The highest BCUT2D eigenvalue weighted by Gasteiger charge is 2.44. The van der Waals surface area contributed by atoms with Gasteiger partial charge in [-0.3, -0.25) is 4.90 Å². The Kier molecular flexibility index (Phi) is 9.89. The molecule has 2 N–H and O–H groups in total. The monoisotopic (exact) mass is 384 g/mol. The number of rotatable bonds is 8. The molecule has 1 atom stereocenters. The molecule has 0 spiro atoms. The van der Waals surface area contributed by atoms with E-state index >= 15 is 0 Å². The minimum absolute atomic E-state index is 0. The molecule has 140 valence electrons. The molecule has 1 saturated heterocycles. The Hall–Kier alpha value is -0.170. The molecule has 23 heavy (non-hydrogen) atoms. The minimum Gasteiger partial charge on any atom is -0.383 e. The number of nitrogens with zero attached hydrogens (tertiary/aromatic N) is 2. The zero-order valence-corrected chi connectivity index (χ0v) is 14.7. The van der Waals surface area contributed by atoms with Gasteiger partial charge in [0.05, 0.1) is 6.61 Å². The van der Waals surface area contributed by atoms with Crippen LogP contribution in [-0.4, -0.2) is 89.9 Å². The summed E-state index contributed by atoms with van der Waals surface area (Å²) in [6.07, 6.45) is -4.50. The number of piperazine rings is 1. The van der Waals surface area contributed by atoms with Crippen molar-refractivity contribution in [3.63, 3.8) is 0 Å². The second-order valence-electron chi connectivity index (χ2n) is 5.01. The van der Waals surface area contributed by atoms with E-state index in [0.717, 1.165) is 4.31 Å². The van der Waals surface area contributed by atoms with Crippen molar-refractivity contribution in [3.8, 4) is 0 Å². The van der Waals surface area contributed by atoms with Gasteiger partial charge in [-0.25, -0.2) is 4.72 Å². The minimum atomic E-state index is -4.50. The van der Waals surface area contributed by atoms with Crippen LogP contribution >= 0.6 is 12.4 Å². The highest BCUT2D eigenvalue weighted by atomic mass is 35.5. The normalized spacial score (nSPS) is 18.7. The number of hydrogen-bond donors (Lipinski definition) is 2. The van der Waals surface area contributed by atoms with Gasteiger partial charge in [-0.2, -0.15) is 25.9 Å². The molecule has 0 aliphatic carbocycles. The van der Waals surface area contributed by atoms with Crippen LogP contribution < -0.4 is 10.0 Å². The first-order valence-corrected chi connectivity index (χ1v) is 8.34. The van der Waals surface area contributed by atoms with Gasteiger partial charge in [0.25, 0.3) is 10.2 Å². The lowest BCUT2D eigenvalue weighted by Gasteiger charge is -2.36. The van der Waals surface area contributed by atoms with Gasteiger partial charge in [0, 0.05) is 53.4 Å². The maximum absolute atomic E-state index is 13.2. The first-order chi connectivity index (χ1) is 10.2. The molecule has 1 aliphatic rings. The maximum Gasteiger partial charge on any atom is 0.405 e. The molecule has 0 aromatic carbocycles. The molecule has 1 aliphatic heterocycles. The summed E-state index contributed by atoms with van der Waals surface area (Å²) in [5.41, 5.74) is 0. The molecule has 0 bridgehead atoms. The second kappa shape index (κ2) is 9.97. The van der Waals surface area contributed by atoms with E-state index in [2.05, 4.69) is 5.32 Å². The number of ether oxygens (including phenoxy) is 1. The molecule has 1 heterocycles. The number of hydrogen-bond acceptors (Lipinski definition) is 5. The molecule has 1 fully saturated rings. The SMILES string of the molecule is COCCN(C)S(=O)(=O)NCC(N1CCNCC1)C(F)(F)F.Cl. The van der Waals surface area contributed by atoms with Gasteiger partial charge in [-0.1, -0.05) is 0 Å². The summed E-state index contributed by atoms with van der Waals surface area (Å²) >= 11 is 0. The Morgan fingerprint density at radius 2 is 1.91 bits per heavy atom. The van der Waals surface area contributed by atoms with Crippen LogP contribution in [0.3, 0.4) is 0 Å². The van der Waals surface area contributed by atoms with Gasteiger partial charge in [0.1, 0.15) is 6.04 Å². The molecule has 1 unspecified atom stereocenters.